The zero-order chi connectivity index (χ0) is 11.8. The van der Waals surface area contributed by atoms with Crippen LogP contribution in [0.3, 0.4) is 0 Å². The number of hydrogen-bond acceptors (Lipinski definition) is 3. The molecule has 0 aliphatic carbocycles. The SMILES string of the molecule is C=CC(SCCSC(C)=O)c1ccccc1. The van der Waals surface area contributed by atoms with Crippen molar-refractivity contribution in [2.75, 3.05) is 11.5 Å². The lowest BCUT2D eigenvalue weighted by Crippen LogP contribution is -1.94. The molecule has 1 aromatic carbocycles. The quantitative estimate of drug-likeness (QED) is 0.564. The van der Waals surface area contributed by atoms with Gasteiger partial charge in [0.1, 0.15) is 0 Å². The van der Waals surface area contributed by atoms with E-state index in [9.17, 15) is 4.79 Å². The summed E-state index contributed by atoms with van der Waals surface area (Å²) in [5, 5.41) is 0.518. The molecule has 1 atom stereocenters. The van der Waals surface area contributed by atoms with Crippen molar-refractivity contribution in [1.29, 1.82) is 0 Å². The van der Waals surface area contributed by atoms with Crippen molar-refractivity contribution < 1.29 is 4.79 Å². The van der Waals surface area contributed by atoms with E-state index < -0.39 is 0 Å². The van der Waals surface area contributed by atoms with E-state index in [1.807, 2.05) is 36.0 Å². The number of thioether (sulfide) groups is 2. The van der Waals surface area contributed by atoms with Gasteiger partial charge in [-0.05, 0) is 5.56 Å². The van der Waals surface area contributed by atoms with Crippen molar-refractivity contribution in [1.82, 2.24) is 0 Å². The Hall–Kier alpha value is -0.670. The van der Waals surface area contributed by atoms with Gasteiger partial charge >= 0.3 is 0 Å². The van der Waals surface area contributed by atoms with Crippen LogP contribution >= 0.6 is 23.5 Å². The predicted molar refractivity (Wildman–Crippen MR) is 75.0 cm³/mol. The molecule has 0 N–H and O–H groups in total. The largest absolute Gasteiger partial charge is 0.288 e. The van der Waals surface area contributed by atoms with Gasteiger partial charge in [-0.1, -0.05) is 48.2 Å². The summed E-state index contributed by atoms with van der Waals surface area (Å²) in [5.74, 6) is 1.84. The minimum Gasteiger partial charge on any atom is -0.288 e. The molecule has 16 heavy (non-hydrogen) atoms. The first-order valence-corrected chi connectivity index (χ1v) is 7.20. The first-order chi connectivity index (χ1) is 7.74. The maximum absolute atomic E-state index is 10.8. The summed E-state index contributed by atoms with van der Waals surface area (Å²) in [6, 6.07) is 10.3. The molecule has 86 valence electrons. The summed E-state index contributed by atoms with van der Waals surface area (Å²) in [6.45, 7) is 5.47. The fraction of sp³-hybridized carbons (Fsp3) is 0.308. The molecule has 1 aromatic rings. The molecule has 0 saturated carbocycles. The molecule has 1 rings (SSSR count). The summed E-state index contributed by atoms with van der Waals surface area (Å²) in [5.41, 5.74) is 1.27. The number of carbonyl (C=O) groups excluding carboxylic acids is 1. The van der Waals surface area contributed by atoms with Crippen molar-refractivity contribution in [3.8, 4) is 0 Å². The third-order valence-electron chi connectivity index (χ3n) is 2.03. The maximum atomic E-state index is 10.8. The molecule has 0 bridgehead atoms. The van der Waals surface area contributed by atoms with Crippen LogP contribution in [-0.4, -0.2) is 16.6 Å². The molecule has 0 saturated heterocycles. The van der Waals surface area contributed by atoms with Gasteiger partial charge in [0.25, 0.3) is 0 Å². The molecule has 0 aliphatic rings. The van der Waals surface area contributed by atoms with Gasteiger partial charge in [0.2, 0.25) is 0 Å². The van der Waals surface area contributed by atoms with E-state index in [1.165, 1.54) is 17.3 Å². The minimum absolute atomic E-state index is 0.190. The molecular formula is C13H16OS2. The van der Waals surface area contributed by atoms with Crippen LogP contribution in [-0.2, 0) is 4.79 Å². The van der Waals surface area contributed by atoms with Gasteiger partial charge < -0.3 is 0 Å². The molecule has 0 aliphatic heterocycles. The first-order valence-electron chi connectivity index (χ1n) is 5.16. The summed E-state index contributed by atoms with van der Waals surface area (Å²) < 4.78 is 0. The fourth-order valence-electron chi connectivity index (χ4n) is 1.30. The highest BCUT2D eigenvalue weighted by atomic mass is 32.2. The zero-order valence-electron chi connectivity index (χ0n) is 9.39. The smallest absolute Gasteiger partial charge is 0.185 e. The normalized spacial score (nSPS) is 12.1. The second-order valence-electron chi connectivity index (χ2n) is 3.28. The van der Waals surface area contributed by atoms with E-state index in [4.69, 9.17) is 0 Å². The van der Waals surface area contributed by atoms with E-state index in [-0.39, 0.29) is 5.12 Å². The molecule has 0 aromatic heterocycles. The van der Waals surface area contributed by atoms with Crippen LogP contribution < -0.4 is 0 Å². The van der Waals surface area contributed by atoms with E-state index in [0.29, 0.717) is 5.25 Å². The van der Waals surface area contributed by atoms with Crippen LogP contribution in [0.2, 0.25) is 0 Å². The molecule has 1 unspecified atom stereocenters. The van der Waals surface area contributed by atoms with Crippen LogP contribution in [0.1, 0.15) is 17.7 Å². The maximum Gasteiger partial charge on any atom is 0.185 e. The van der Waals surface area contributed by atoms with Gasteiger partial charge in [0, 0.05) is 23.7 Å². The van der Waals surface area contributed by atoms with E-state index in [1.54, 1.807) is 6.92 Å². The lowest BCUT2D eigenvalue weighted by molar-refractivity contribution is -0.109. The number of benzene rings is 1. The zero-order valence-corrected chi connectivity index (χ0v) is 11.0. The lowest BCUT2D eigenvalue weighted by atomic mass is 10.1. The number of carbonyl (C=O) groups is 1. The number of rotatable bonds is 6. The van der Waals surface area contributed by atoms with Crippen molar-refractivity contribution in [3.05, 3.63) is 48.6 Å². The van der Waals surface area contributed by atoms with Crippen LogP contribution in [0.4, 0.5) is 0 Å². The Bertz CT molecular complexity index is 335. The average Bonchev–Trinajstić information content (AvgIpc) is 2.30. The summed E-state index contributed by atoms with van der Waals surface area (Å²) >= 11 is 3.21. The summed E-state index contributed by atoms with van der Waals surface area (Å²) in [7, 11) is 0. The molecule has 1 nitrogen and oxygen atoms in total. The van der Waals surface area contributed by atoms with Gasteiger partial charge in [-0.3, -0.25) is 4.79 Å². The second kappa shape index (κ2) is 7.58. The Kier molecular flexibility index (Phi) is 6.34. The predicted octanol–water partition coefficient (Wildman–Crippen LogP) is 3.93. The fourth-order valence-corrected chi connectivity index (χ4v) is 3.05. The summed E-state index contributed by atoms with van der Waals surface area (Å²) in [4.78, 5) is 10.8. The summed E-state index contributed by atoms with van der Waals surface area (Å²) in [6.07, 6.45) is 1.96. The van der Waals surface area contributed by atoms with E-state index in [2.05, 4.69) is 18.7 Å². The van der Waals surface area contributed by atoms with Crippen molar-refractivity contribution >= 4 is 28.6 Å². The molecular weight excluding hydrogens is 236 g/mol. The highest BCUT2D eigenvalue weighted by molar-refractivity contribution is 8.14. The van der Waals surface area contributed by atoms with Crippen molar-refractivity contribution in [2.45, 2.75) is 12.2 Å². The Morgan fingerprint density at radius 1 is 1.38 bits per heavy atom. The Morgan fingerprint density at radius 3 is 2.62 bits per heavy atom. The minimum atomic E-state index is 0.190. The van der Waals surface area contributed by atoms with Crippen LogP contribution in [0.15, 0.2) is 43.0 Å². The van der Waals surface area contributed by atoms with Gasteiger partial charge in [0.05, 0.1) is 0 Å². The Balaban J connectivity index is 2.38. The average molecular weight is 252 g/mol. The third kappa shape index (κ3) is 4.90. The Labute approximate surface area is 106 Å². The lowest BCUT2D eigenvalue weighted by Gasteiger charge is -2.11. The molecule has 0 fully saturated rings. The second-order valence-corrected chi connectivity index (χ2v) is 5.80. The van der Waals surface area contributed by atoms with Crippen LogP contribution in [0.5, 0.6) is 0 Å². The Morgan fingerprint density at radius 2 is 2.06 bits per heavy atom. The molecule has 3 heteroatoms. The first kappa shape index (κ1) is 13.4. The molecule has 0 spiro atoms. The number of hydrogen-bond donors (Lipinski definition) is 0. The standard InChI is InChI=1S/C13H16OS2/c1-3-13(12-7-5-4-6-8-12)16-10-9-15-11(2)14/h3-8,13H,1,9-10H2,2H3. The van der Waals surface area contributed by atoms with Crippen molar-refractivity contribution in [2.24, 2.45) is 0 Å². The van der Waals surface area contributed by atoms with Gasteiger partial charge in [-0.15, -0.1) is 18.3 Å². The molecule has 0 amide bonds. The van der Waals surface area contributed by atoms with Gasteiger partial charge in [-0.2, -0.15) is 0 Å². The topological polar surface area (TPSA) is 17.1 Å². The van der Waals surface area contributed by atoms with Crippen molar-refractivity contribution in [3.63, 3.8) is 0 Å². The molecule has 0 heterocycles. The third-order valence-corrected chi connectivity index (χ3v) is 4.37. The van der Waals surface area contributed by atoms with Gasteiger partial charge in [-0.25, -0.2) is 0 Å². The van der Waals surface area contributed by atoms with Crippen LogP contribution in [0, 0.1) is 0 Å². The highest BCUT2D eigenvalue weighted by Gasteiger charge is 2.07. The van der Waals surface area contributed by atoms with E-state index >= 15 is 0 Å². The highest BCUT2D eigenvalue weighted by Crippen LogP contribution is 2.29. The van der Waals surface area contributed by atoms with Crippen LogP contribution in [0.25, 0.3) is 0 Å². The van der Waals surface area contributed by atoms with E-state index in [0.717, 1.165) is 11.5 Å². The monoisotopic (exact) mass is 252 g/mol. The molecule has 0 radical (unpaired) electrons. The van der Waals surface area contributed by atoms with Gasteiger partial charge in [0.15, 0.2) is 5.12 Å².